The molecule has 1 saturated heterocycles. The van der Waals surface area contributed by atoms with Crippen molar-refractivity contribution in [2.75, 3.05) is 19.7 Å². The lowest BCUT2D eigenvalue weighted by atomic mass is 10.1. The van der Waals surface area contributed by atoms with Gasteiger partial charge in [-0.1, -0.05) is 11.2 Å². The lowest BCUT2D eigenvalue weighted by molar-refractivity contribution is 0.00755. The number of nitrogens with one attached hydrogen (secondary N) is 1. The summed E-state index contributed by atoms with van der Waals surface area (Å²) >= 11 is 0. The second kappa shape index (κ2) is 5.64. The highest BCUT2D eigenvalue weighted by molar-refractivity contribution is 5.21. The molecule has 2 heterocycles. The normalized spacial score (nSPS) is 19.2. The summed E-state index contributed by atoms with van der Waals surface area (Å²) in [5.41, 5.74) is 0.321. The molecule has 1 atom stereocenters. The number of aromatic nitrogens is 2. The molecule has 1 aliphatic rings. The minimum absolute atomic E-state index is 0.149. The molecule has 3 rings (SSSR count). The molecule has 20 heavy (non-hydrogen) atoms. The van der Waals surface area contributed by atoms with Gasteiger partial charge in [-0.15, -0.1) is 0 Å². The van der Waals surface area contributed by atoms with Crippen LogP contribution in [0.25, 0.3) is 0 Å². The summed E-state index contributed by atoms with van der Waals surface area (Å²) in [7, 11) is 0. The van der Waals surface area contributed by atoms with Crippen LogP contribution in [0.1, 0.15) is 23.4 Å². The quantitative estimate of drug-likeness (QED) is 0.926. The minimum Gasteiger partial charge on any atom is -0.366 e. The molecule has 7 heteroatoms. The molecule has 5 nitrogen and oxygen atoms in total. The van der Waals surface area contributed by atoms with Crippen molar-refractivity contribution in [1.82, 2.24) is 15.5 Å². The summed E-state index contributed by atoms with van der Waals surface area (Å²) in [5, 5.41) is 6.95. The molecular weight excluding hydrogens is 268 g/mol. The molecule has 0 saturated carbocycles. The summed E-state index contributed by atoms with van der Waals surface area (Å²) in [6.45, 7) is 1.97. The molecule has 1 N–H and O–H groups in total. The number of hydrogen-bond acceptors (Lipinski definition) is 5. The van der Waals surface area contributed by atoms with Gasteiger partial charge in [0.15, 0.2) is 5.82 Å². The maximum Gasteiger partial charge on any atom is 0.257 e. The van der Waals surface area contributed by atoms with E-state index >= 15 is 0 Å². The van der Waals surface area contributed by atoms with Crippen molar-refractivity contribution in [3.05, 3.63) is 47.1 Å². The highest BCUT2D eigenvalue weighted by Gasteiger charge is 2.22. The maximum atomic E-state index is 13.5. The summed E-state index contributed by atoms with van der Waals surface area (Å²) in [4.78, 5) is 4.19. The van der Waals surface area contributed by atoms with Crippen LogP contribution in [0.4, 0.5) is 8.78 Å². The van der Waals surface area contributed by atoms with Gasteiger partial charge in [-0.3, -0.25) is 0 Å². The Bertz CT molecular complexity index is 597. The van der Waals surface area contributed by atoms with Crippen molar-refractivity contribution in [2.45, 2.75) is 12.5 Å². The highest BCUT2D eigenvalue weighted by atomic mass is 19.1. The van der Waals surface area contributed by atoms with Crippen LogP contribution in [0.5, 0.6) is 0 Å². The maximum absolute atomic E-state index is 13.5. The Balaban J connectivity index is 1.73. The Morgan fingerprint density at radius 1 is 1.35 bits per heavy atom. The second-order valence-corrected chi connectivity index (χ2v) is 4.52. The molecule has 0 bridgehead atoms. The van der Waals surface area contributed by atoms with Crippen LogP contribution >= 0.6 is 0 Å². The summed E-state index contributed by atoms with van der Waals surface area (Å²) < 4.78 is 37.0. The van der Waals surface area contributed by atoms with Gasteiger partial charge in [0.2, 0.25) is 0 Å². The molecule has 1 unspecified atom stereocenters. The molecule has 2 aromatic rings. The topological polar surface area (TPSA) is 60.2 Å². The van der Waals surface area contributed by atoms with Crippen LogP contribution in [-0.4, -0.2) is 29.8 Å². The van der Waals surface area contributed by atoms with Gasteiger partial charge >= 0.3 is 0 Å². The van der Waals surface area contributed by atoms with Crippen LogP contribution in [0.2, 0.25) is 0 Å². The molecule has 0 radical (unpaired) electrons. The Morgan fingerprint density at radius 3 is 3.00 bits per heavy atom. The van der Waals surface area contributed by atoms with Crippen LogP contribution < -0.4 is 5.32 Å². The van der Waals surface area contributed by atoms with E-state index in [1.807, 2.05) is 0 Å². The third-order valence-corrected chi connectivity index (χ3v) is 3.05. The molecule has 1 aromatic carbocycles. The zero-order valence-corrected chi connectivity index (χ0v) is 10.6. The molecular formula is C13H13F2N3O2. The fourth-order valence-corrected chi connectivity index (χ4v) is 2.03. The van der Waals surface area contributed by atoms with Gasteiger partial charge in [0.25, 0.3) is 5.89 Å². The molecule has 1 fully saturated rings. The first-order valence-corrected chi connectivity index (χ1v) is 6.31. The van der Waals surface area contributed by atoms with E-state index in [1.165, 1.54) is 12.1 Å². The van der Waals surface area contributed by atoms with E-state index in [9.17, 15) is 8.78 Å². The fourth-order valence-electron chi connectivity index (χ4n) is 2.03. The Morgan fingerprint density at radius 2 is 2.25 bits per heavy atom. The molecule has 0 aliphatic carbocycles. The summed E-state index contributed by atoms with van der Waals surface area (Å²) in [6, 6.07) is 3.41. The molecule has 0 spiro atoms. The van der Waals surface area contributed by atoms with Crippen LogP contribution in [0.15, 0.2) is 22.7 Å². The lowest BCUT2D eigenvalue weighted by Gasteiger charge is -2.19. The standard InChI is InChI=1S/C13H13F2N3O2/c14-9-2-1-8(10(15)6-9)5-12-17-13(20-18-12)11-7-16-3-4-19-11/h1-2,6,11,16H,3-5,7H2. The number of morpholine rings is 1. The first-order chi connectivity index (χ1) is 9.72. The van der Waals surface area contributed by atoms with E-state index in [1.54, 1.807) is 0 Å². The van der Waals surface area contributed by atoms with Gasteiger partial charge in [0, 0.05) is 25.6 Å². The van der Waals surface area contributed by atoms with Crippen LogP contribution in [0, 0.1) is 11.6 Å². The van der Waals surface area contributed by atoms with Gasteiger partial charge in [-0.25, -0.2) is 8.78 Å². The predicted octanol–water partition coefficient (Wildman–Crippen LogP) is 1.60. The van der Waals surface area contributed by atoms with Crippen molar-refractivity contribution >= 4 is 0 Å². The van der Waals surface area contributed by atoms with Crippen molar-refractivity contribution in [2.24, 2.45) is 0 Å². The highest BCUT2D eigenvalue weighted by Crippen LogP contribution is 2.18. The monoisotopic (exact) mass is 281 g/mol. The van der Waals surface area contributed by atoms with Crippen molar-refractivity contribution in [3.63, 3.8) is 0 Å². The Hall–Kier alpha value is -1.86. The third-order valence-electron chi connectivity index (χ3n) is 3.05. The summed E-state index contributed by atoms with van der Waals surface area (Å²) in [6.07, 6.45) is -0.126. The van der Waals surface area contributed by atoms with E-state index in [0.29, 0.717) is 30.4 Å². The van der Waals surface area contributed by atoms with Gasteiger partial charge in [0.1, 0.15) is 17.7 Å². The van der Waals surface area contributed by atoms with E-state index in [4.69, 9.17) is 9.26 Å². The third kappa shape index (κ3) is 2.83. The fraction of sp³-hybridized carbons (Fsp3) is 0.385. The second-order valence-electron chi connectivity index (χ2n) is 4.52. The minimum atomic E-state index is -0.619. The molecule has 1 aliphatic heterocycles. The first kappa shape index (κ1) is 13.1. The van der Waals surface area contributed by atoms with Crippen LogP contribution in [-0.2, 0) is 11.2 Å². The summed E-state index contributed by atoms with van der Waals surface area (Å²) in [5.74, 6) is -0.511. The van der Waals surface area contributed by atoms with Gasteiger partial charge in [-0.2, -0.15) is 4.98 Å². The number of ether oxygens (including phenoxy) is 1. The van der Waals surface area contributed by atoms with E-state index in [2.05, 4.69) is 15.5 Å². The lowest BCUT2D eigenvalue weighted by Crippen LogP contribution is -2.33. The largest absolute Gasteiger partial charge is 0.366 e. The van der Waals surface area contributed by atoms with E-state index < -0.39 is 11.6 Å². The SMILES string of the molecule is Fc1ccc(Cc2noc(C3CNCCO3)n2)c(F)c1. The first-order valence-electron chi connectivity index (χ1n) is 6.31. The predicted molar refractivity (Wildman–Crippen MR) is 65.0 cm³/mol. The van der Waals surface area contributed by atoms with Crippen LogP contribution in [0.3, 0.4) is 0 Å². The van der Waals surface area contributed by atoms with Gasteiger partial charge in [0.05, 0.1) is 6.61 Å². The average Bonchev–Trinajstić information content (AvgIpc) is 2.92. The van der Waals surface area contributed by atoms with Crippen molar-refractivity contribution in [3.8, 4) is 0 Å². The molecule has 0 amide bonds. The van der Waals surface area contributed by atoms with Gasteiger partial charge in [-0.05, 0) is 11.6 Å². The molecule has 106 valence electrons. The van der Waals surface area contributed by atoms with E-state index in [0.717, 1.165) is 12.6 Å². The molecule has 1 aromatic heterocycles. The van der Waals surface area contributed by atoms with Crippen molar-refractivity contribution in [1.29, 1.82) is 0 Å². The Labute approximate surface area is 113 Å². The van der Waals surface area contributed by atoms with Crippen molar-refractivity contribution < 1.29 is 18.0 Å². The smallest absolute Gasteiger partial charge is 0.257 e. The van der Waals surface area contributed by atoms with Gasteiger partial charge < -0.3 is 14.6 Å². The van der Waals surface area contributed by atoms with E-state index in [-0.39, 0.29) is 12.5 Å². The number of halogens is 2. The number of hydrogen-bond donors (Lipinski definition) is 1. The zero-order chi connectivity index (χ0) is 13.9. The Kier molecular flexibility index (Phi) is 3.70. The number of nitrogens with zero attached hydrogens (tertiary/aromatic N) is 2. The number of rotatable bonds is 3. The number of benzene rings is 1. The average molecular weight is 281 g/mol. The zero-order valence-electron chi connectivity index (χ0n) is 10.6.